The Morgan fingerprint density at radius 1 is 0.969 bits per heavy atom. The SMILES string of the molecule is CC[C@H](NC(=O)[C@@H]1CCCN1C(=O)C1(C(F)(F)F)CC2(CCC2)C1)C(=O)N(C)[C@H]1CCCCNC(=O)[C@@H](COC)NC(=O)[C@H](Cc2cc(Cl)ccc2Cl)N(C)C(=O)[C@H](CC(C)C)NC1=O. The molecule has 1 aromatic carbocycles. The average molecular weight is 959 g/mol. The normalized spacial score (nSPS) is 25.8. The zero-order valence-electron chi connectivity index (χ0n) is 38.1. The zero-order valence-corrected chi connectivity index (χ0v) is 39.6. The Morgan fingerprint density at radius 2 is 1.65 bits per heavy atom. The van der Waals surface area contributed by atoms with Crippen LogP contribution in [-0.2, 0) is 44.7 Å². The molecule has 2 aliphatic heterocycles. The molecule has 4 aliphatic rings. The van der Waals surface area contributed by atoms with Gasteiger partial charge in [0.1, 0.15) is 41.7 Å². The Kier molecular flexibility index (Phi) is 17.3. The molecule has 0 aromatic heterocycles. The first-order chi connectivity index (χ1) is 30.6. The maximum Gasteiger partial charge on any atom is 0.403 e. The number of likely N-dealkylation sites (N-methyl/N-ethyl adjacent to an activating group) is 2. The number of hydrogen-bond acceptors (Lipinski definition) is 8. The van der Waals surface area contributed by atoms with Gasteiger partial charge in [-0.2, -0.15) is 13.2 Å². The second-order valence-electron chi connectivity index (χ2n) is 18.8. The largest absolute Gasteiger partial charge is 0.403 e. The summed E-state index contributed by atoms with van der Waals surface area (Å²) in [7, 11) is 4.17. The molecule has 1 spiro atoms. The van der Waals surface area contributed by atoms with Crippen molar-refractivity contribution in [3.8, 4) is 0 Å². The molecular formula is C45H64Cl2F3N7O8. The van der Waals surface area contributed by atoms with Gasteiger partial charge < -0.3 is 40.7 Å². The van der Waals surface area contributed by atoms with E-state index in [4.69, 9.17) is 27.9 Å². The lowest BCUT2D eigenvalue weighted by Crippen LogP contribution is -2.66. The maximum atomic E-state index is 14.6. The number of benzene rings is 1. The molecule has 362 valence electrons. The van der Waals surface area contributed by atoms with Gasteiger partial charge in [0.25, 0.3) is 0 Å². The Morgan fingerprint density at radius 3 is 2.25 bits per heavy atom. The van der Waals surface area contributed by atoms with Crippen molar-refractivity contribution in [2.75, 3.05) is 40.9 Å². The molecule has 2 aliphatic carbocycles. The number of carbonyl (C=O) groups excluding carboxylic acids is 7. The molecule has 0 radical (unpaired) electrons. The minimum Gasteiger partial charge on any atom is -0.382 e. The van der Waals surface area contributed by atoms with Crippen LogP contribution in [0.3, 0.4) is 0 Å². The van der Waals surface area contributed by atoms with Crippen LogP contribution in [0.2, 0.25) is 10.0 Å². The Balaban J connectivity index is 1.38. The van der Waals surface area contributed by atoms with Gasteiger partial charge >= 0.3 is 6.18 Å². The van der Waals surface area contributed by atoms with Gasteiger partial charge in [-0.3, -0.25) is 33.6 Å². The van der Waals surface area contributed by atoms with Crippen LogP contribution in [0.1, 0.15) is 103 Å². The average Bonchev–Trinajstić information content (AvgIpc) is 3.71. The van der Waals surface area contributed by atoms with Gasteiger partial charge in [-0.1, -0.05) is 50.4 Å². The van der Waals surface area contributed by atoms with Crippen LogP contribution in [0.5, 0.6) is 0 Å². The summed E-state index contributed by atoms with van der Waals surface area (Å²) >= 11 is 12.8. The summed E-state index contributed by atoms with van der Waals surface area (Å²) in [6.45, 7) is 5.27. The number of rotatable bonds is 12. The molecule has 5 rings (SSSR count). The van der Waals surface area contributed by atoms with Gasteiger partial charge in [0.2, 0.25) is 41.4 Å². The van der Waals surface area contributed by atoms with E-state index >= 15 is 0 Å². The number of alkyl halides is 3. The van der Waals surface area contributed by atoms with E-state index in [1.165, 1.54) is 31.0 Å². The second kappa shape index (κ2) is 21.6. The third-order valence-electron chi connectivity index (χ3n) is 13.7. The van der Waals surface area contributed by atoms with Gasteiger partial charge in [0.15, 0.2) is 0 Å². The van der Waals surface area contributed by atoms with Crippen LogP contribution in [0, 0.1) is 16.7 Å². The van der Waals surface area contributed by atoms with Crippen LogP contribution in [0.4, 0.5) is 13.2 Å². The first-order valence-electron chi connectivity index (χ1n) is 22.6. The Labute approximate surface area is 388 Å². The number of nitrogens with zero attached hydrogens (tertiary/aromatic N) is 3. The minimum atomic E-state index is -4.78. The Bertz CT molecular complexity index is 1940. The van der Waals surface area contributed by atoms with Crippen LogP contribution in [-0.4, -0.2) is 139 Å². The van der Waals surface area contributed by atoms with Crippen molar-refractivity contribution in [3.05, 3.63) is 33.8 Å². The highest BCUT2D eigenvalue weighted by Gasteiger charge is 2.73. The van der Waals surface area contributed by atoms with Crippen molar-refractivity contribution in [2.45, 2.75) is 147 Å². The van der Waals surface area contributed by atoms with E-state index in [9.17, 15) is 46.7 Å². The molecule has 2 saturated carbocycles. The second-order valence-corrected chi connectivity index (χ2v) is 19.6. The number of methoxy groups -OCH3 is 1. The molecular weight excluding hydrogens is 894 g/mol. The lowest BCUT2D eigenvalue weighted by molar-refractivity contribution is -0.285. The van der Waals surface area contributed by atoms with E-state index in [-0.39, 0.29) is 75.6 Å². The lowest BCUT2D eigenvalue weighted by atomic mass is 9.44. The molecule has 0 unspecified atom stereocenters. The summed E-state index contributed by atoms with van der Waals surface area (Å²) in [5, 5.41) is 11.6. The molecule has 2 heterocycles. The summed E-state index contributed by atoms with van der Waals surface area (Å²) in [5.74, 6) is -5.22. The topological polar surface area (TPSA) is 187 Å². The number of amides is 7. The molecule has 15 nitrogen and oxygen atoms in total. The highest BCUT2D eigenvalue weighted by Crippen LogP contribution is 2.69. The summed E-state index contributed by atoms with van der Waals surface area (Å²) in [5.41, 5.74) is -2.57. The van der Waals surface area contributed by atoms with Crippen LogP contribution in [0.25, 0.3) is 0 Å². The first-order valence-corrected chi connectivity index (χ1v) is 23.4. The summed E-state index contributed by atoms with van der Waals surface area (Å²) < 4.78 is 49.1. The number of hydrogen-bond donors (Lipinski definition) is 4. The van der Waals surface area contributed by atoms with Crippen molar-refractivity contribution >= 4 is 64.6 Å². The van der Waals surface area contributed by atoms with Gasteiger partial charge in [-0.05, 0) is 106 Å². The molecule has 6 atom stereocenters. The summed E-state index contributed by atoms with van der Waals surface area (Å²) in [6.07, 6.45) is -1.99. The third kappa shape index (κ3) is 11.7. The number of ether oxygens (including phenoxy) is 1. The van der Waals surface area contributed by atoms with Gasteiger partial charge in [-0.15, -0.1) is 0 Å². The van der Waals surface area contributed by atoms with Crippen LogP contribution >= 0.6 is 23.2 Å². The number of likely N-dealkylation sites (tertiary alicyclic amines) is 1. The quantitative estimate of drug-likeness (QED) is 0.235. The predicted molar refractivity (Wildman–Crippen MR) is 236 cm³/mol. The fourth-order valence-electron chi connectivity index (χ4n) is 9.88. The van der Waals surface area contributed by atoms with E-state index < -0.39 is 94.6 Å². The fourth-order valence-corrected chi connectivity index (χ4v) is 10.3. The number of halogens is 5. The van der Waals surface area contributed by atoms with Crippen LogP contribution < -0.4 is 21.3 Å². The van der Waals surface area contributed by atoms with Gasteiger partial charge in [0, 0.05) is 50.8 Å². The van der Waals surface area contributed by atoms with Gasteiger partial charge in [-0.25, -0.2) is 0 Å². The molecule has 20 heteroatoms. The molecule has 1 aromatic rings. The van der Waals surface area contributed by atoms with Crippen molar-refractivity contribution in [1.29, 1.82) is 0 Å². The predicted octanol–water partition coefficient (Wildman–Crippen LogP) is 4.55. The molecule has 7 amide bonds. The highest BCUT2D eigenvalue weighted by molar-refractivity contribution is 6.33. The lowest BCUT2D eigenvalue weighted by Gasteiger charge is -2.60. The third-order valence-corrected chi connectivity index (χ3v) is 14.3. The molecule has 4 N–H and O–H groups in total. The van der Waals surface area contributed by atoms with E-state index in [0.717, 1.165) is 11.3 Å². The molecule has 2 saturated heterocycles. The van der Waals surface area contributed by atoms with E-state index in [2.05, 4.69) is 21.3 Å². The van der Waals surface area contributed by atoms with Crippen molar-refractivity contribution < 1.29 is 51.5 Å². The summed E-state index contributed by atoms with van der Waals surface area (Å²) in [6, 6.07) is -2.50. The Hall–Kier alpha value is -4.16. The zero-order chi connectivity index (χ0) is 48.0. The van der Waals surface area contributed by atoms with E-state index in [1.54, 1.807) is 25.1 Å². The van der Waals surface area contributed by atoms with Crippen LogP contribution in [0.15, 0.2) is 18.2 Å². The number of carbonyl (C=O) groups is 7. The van der Waals surface area contributed by atoms with E-state index in [1.807, 2.05) is 13.8 Å². The monoisotopic (exact) mass is 957 g/mol. The minimum absolute atomic E-state index is 0.0205. The van der Waals surface area contributed by atoms with Crippen molar-refractivity contribution in [3.63, 3.8) is 0 Å². The standard InChI is InChI=1S/C45H64Cl2F3N7O8/c1-7-30(52-38(60)34-13-10-19-57(34)42(64)44(45(48,49)50)24-43(25-44)16-11-17-43)40(62)55(4)33-12-8-9-18-51-36(58)32(23-65-6)54-39(61)35(22-27-21-28(46)14-15-29(27)47)56(5)41(63)31(20-26(2)3)53-37(33)59/h14-15,21,26,30-35H,7-13,16-20,22-25H2,1-6H3,(H,51,58)(H,52,60)(H,53,59)(H,54,61)/t30-,31-,32+,33-,34-,35-/m0/s1. The smallest absolute Gasteiger partial charge is 0.382 e. The summed E-state index contributed by atoms with van der Waals surface area (Å²) in [4.78, 5) is 102. The fraction of sp³-hybridized carbons (Fsp3) is 0.711. The molecule has 0 bridgehead atoms. The van der Waals surface area contributed by atoms with Gasteiger partial charge in [0.05, 0.1) is 6.61 Å². The first kappa shape index (κ1) is 51.8. The maximum absolute atomic E-state index is 14.6. The number of nitrogens with one attached hydrogen (secondary N) is 4. The van der Waals surface area contributed by atoms with E-state index in [0.29, 0.717) is 42.7 Å². The molecule has 4 fully saturated rings. The van der Waals surface area contributed by atoms with Crippen molar-refractivity contribution in [2.24, 2.45) is 16.7 Å². The van der Waals surface area contributed by atoms with Crippen molar-refractivity contribution in [1.82, 2.24) is 36.0 Å². The highest BCUT2D eigenvalue weighted by atomic mass is 35.5. The molecule has 65 heavy (non-hydrogen) atoms.